The van der Waals surface area contributed by atoms with Gasteiger partial charge >= 0.3 is 0 Å². The van der Waals surface area contributed by atoms with Gasteiger partial charge < -0.3 is 10.4 Å². The Morgan fingerprint density at radius 2 is 1.94 bits per heavy atom. The summed E-state index contributed by atoms with van der Waals surface area (Å²) >= 11 is 0. The second-order valence-corrected chi connectivity index (χ2v) is 4.55. The van der Waals surface area contributed by atoms with Gasteiger partial charge in [0.15, 0.2) is 0 Å². The van der Waals surface area contributed by atoms with E-state index in [1.807, 2.05) is 44.2 Å². The van der Waals surface area contributed by atoms with Gasteiger partial charge in [0, 0.05) is 12.6 Å². The number of aliphatic hydroxyl groups is 1. The van der Waals surface area contributed by atoms with E-state index in [0.717, 1.165) is 5.56 Å². The quantitative estimate of drug-likeness (QED) is 0.791. The third-order valence-electron chi connectivity index (χ3n) is 2.84. The zero-order chi connectivity index (χ0) is 12.7. The van der Waals surface area contributed by atoms with Crippen molar-refractivity contribution in [1.82, 2.24) is 5.32 Å². The minimum atomic E-state index is -0.375. The highest BCUT2D eigenvalue weighted by atomic mass is 16.3. The molecule has 3 heteroatoms. The van der Waals surface area contributed by atoms with Crippen LogP contribution in [0.2, 0.25) is 0 Å². The van der Waals surface area contributed by atoms with Gasteiger partial charge in [-0.1, -0.05) is 44.2 Å². The first-order chi connectivity index (χ1) is 8.15. The minimum Gasteiger partial charge on any atom is -0.392 e. The molecule has 1 rings (SSSR count). The molecule has 0 saturated heterocycles. The first-order valence-corrected chi connectivity index (χ1v) is 5.98. The van der Waals surface area contributed by atoms with E-state index < -0.39 is 0 Å². The van der Waals surface area contributed by atoms with E-state index in [1.54, 1.807) is 0 Å². The number of nitrogens with one attached hydrogen (secondary N) is 1. The van der Waals surface area contributed by atoms with E-state index >= 15 is 0 Å². The van der Waals surface area contributed by atoms with Crippen molar-refractivity contribution < 1.29 is 5.11 Å². The van der Waals surface area contributed by atoms with E-state index in [-0.39, 0.29) is 18.1 Å². The molecule has 1 aromatic rings. The normalized spacial score (nSPS) is 14.3. The van der Waals surface area contributed by atoms with Gasteiger partial charge in [-0.15, -0.1) is 0 Å². The molecule has 1 aromatic carbocycles. The van der Waals surface area contributed by atoms with Crippen molar-refractivity contribution in [1.29, 1.82) is 5.26 Å². The molecule has 0 amide bonds. The molecule has 0 heterocycles. The van der Waals surface area contributed by atoms with Crippen LogP contribution in [0.1, 0.15) is 31.9 Å². The lowest BCUT2D eigenvalue weighted by Gasteiger charge is -2.20. The van der Waals surface area contributed by atoms with E-state index in [9.17, 15) is 5.11 Å². The van der Waals surface area contributed by atoms with Crippen LogP contribution in [0, 0.1) is 17.2 Å². The molecular weight excluding hydrogens is 212 g/mol. The molecule has 92 valence electrons. The van der Waals surface area contributed by atoms with Crippen molar-refractivity contribution in [3.05, 3.63) is 35.9 Å². The zero-order valence-electron chi connectivity index (χ0n) is 10.4. The highest BCUT2D eigenvalue weighted by Crippen LogP contribution is 2.16. The van der Waals surface area contributed by atoms with Crippen LogP contribution < -0.4 is 5.32 Å². The highest BCUT2D eigenvalue weighted by Gasteiger charge is 2.14. The molecule has 3 nitrogen and oxygen atoms in total. The predicted octanol–water partition coefficient (Wildman–Crippen LogP) is 2.25. The SMILES string of the molecule is CC(C)C(O)CNC(CC#N)c1ccccc1. The molecule has 0 radical (unpaired) electrons. The molecule has 0 fully saturated rings. The van der Waals surface area contributed by atoms with Crippen molar-refractivity contribution >= 4 is 0 Å². The largest absolute Gasteiger partial charge is 0.392 e. The van der Waals surface area contributed by atoms with Crippen molar-refractivity contribution in [2.24, 2.45) is 5.92 Å². The first kappa shape index (κ1) is 13.7. The molecule has 2 atom stereocenters. The molecule has 0 aliphatic rings. The van der Waals surface area contributed by atoms with Gasteiger partial charge in [0.2, 0.25) is 0 Å². The molecule has 2 N–H and O–H groups in total. The third kappa shape index (κ3) is 4.56. The van der Waals surface area contributed by atoms with Gasteiger partial charge in [-0.25, -0.2) is 0 Å². The van der Waals surface area contributed by atoms with Crippen molar-refractivity contribution in [3.63, 3.8) is 0 Å². The number of nitriles is 1. The van der Waals surface area contributed by atoms with Crippen LogP contribution in [-0.4, -0.2) is 17.8 Å². The second kappa shape index (κ2) is 7.05. The third-order valence-corrected chi connectivity index (χ3v) is 2.84. The lowest BCUT2D eigenvalue weighted by atomic mass is 10.0. The van der Waals surface area contributed by atoms with Crippen LogP contribution in [0.15, 0.2) is 30.3 Å². The lowest BCUT2D eigenvalue weighted by molar-refractivity contribution is 0.120. The molecular formula is C14H20N2O. The van der Waals surface area contributed by atoms with Crippen LogP contribution in [0.5, 0.6) is 0 Å². The van der Waals surface area contributed by atoms with Gasteiger partial charge in [0.1, 0.15) is 0 Å². The summed E-state index contributed by atoms with van der Waals surface area (Å²) in [6, 6.07) is 12.0. The number of aliphatic hydroxyl groups excluding tert-OH is 1. The maximum atomic E-state index is 9.75. The summed E-state index contributed by atoms with van der Waals surface area (Å²) in [7, 11) is 0. The molecule has 0 spiro atoms. The summed E-state index contributed by atoms with van der Waals surface area (Å²) < 4.78 is 0. The Bertz CT molecular complexity index is 356. The van der Waals surface area contributed by atoms with Gasteiger partial charge in [0.25, 0.3) is 0 Å². The van der Waals surface area contributed by atoms with E-state index in [4.69, 9.17) is 5.26 Å². The molecule has 2 unspecified atom stereocenters. The molecule has 0 aromatic heterocycles. The van der Waals surface area contributed by atoms with Crippen LogP contribution >= 0.6 is 0 Å². The lowest BCUT2D eigenvalue weighted by Crippen LogP contribution is -2.33. The fourth-order valence-electron chi connectivity index (χ4n) is 1.58. The van der Waals surface area contributed by atoms with Gasteiger partial charge in [0.05, 0.1) is 18.6 Å². The Balaban J connectivity index is 2.59. The fourth-order valence-corrected chi connectivity index (χ4v) is 1.58. The first-order valence-electron chi connectivity index (χ1n) is 5.98. The smallest absolute Gasteiger partial charge is 0.0687 e. The van der Waals surface area contributed by atoms with Crippen molar-refractivity contribution in [3.8, 4) is 6.07 Å². The van der Waals surface area contributed by atoms with Crippen molar-refractivity contribution in [2.45, 2.75) is 32.4 Å². The number of benzene rings is 1. The van der Waals surface area contributed by atoms with Crippen LogP contribution in [0.25, 0.3) is 0 Å². The standard InChI is InChI=1S/C14H20N2O/c1-11(2)14(17)10-16-13(8-9-15)12-6-4-3-5-7-12/h3-7,11,13-14,16-17H,8,10H2,1-2H3. The minimum absolute atomic E-state index is 0.00500. The summed E-state index contributed by atoms with van der Waals surface area (Å²) in [6.45, 7) is 4.47. The molecule has 0 saturated carbocycles. The second-order valence-electron chi connectivity index (χ2n) is 4.55. The van der Waals surface area contributed by atoms with E-state index in [1.165, 1.54) is 0 Å². The Morgan fingerprint density at radius 1 is 1.29 bits per heavy atom. The van der Waals surface area contributed by atoms with Crippen molar-refractivity contribution in [2.75, 3.05) is 6.54 Å². The average Bonchev–Trinajstić information content (AvgIpc) is 2.35. The summed E-state index contributed by atoms with van der Waals surface area (Å²) in [5.74, 6) is 0.223. The summed E-state index contributed by atoms with van der Waals surface area (Å²) in [5.41, 5.74) is 1.09. The number of hydrogen-bond acceptors (Lipinski definition) is 3. The predicted molar refractivity (Wildman–Crippen MR) is 68.3 cm³/mol. The highest BCUT2D eigenvalue weighted by molar-refractivity contribution is 5.19. The number of nitrogens with zero attached hydrogens (tertiary/aromatic N) is 1. The summed E-state index contributed by atoms with van der Waals surface area (Å²) in [4.78, 5) is 0. The van der Waals surface area contributed by atoms with Crippen LogP contribution in [-0.2, 0) is 0 Å². The van der Waals surface area contributed by atoms with Crippen LogP contribution in [0.3, 0.4) is 0 Å². The zero-order valence-corrected chi connectivity index (χ0v) is 10.4. The Morgan fingerprint density at radius 3 is 2.47 bits per heavy atom. The van der Waals surface area contributed by atoms with Gasteiger partial charge in [-0.3, -0.25) is 0 Å². The van der Waals surface area contributed by atoms with Gasteiger partial charge in [-0.2, -0.15) is 5.26 Å². The Kier molecular flexibility index (Phi) is 5.68. The molecule has 0 aliphatic heterocycles. The molecule has 17 heavy (non-hydrogen) atoms. The molecule has 0 aliphatic carbocycles. The van der Waals surface area contributed by atoms with E-state index in [0.29, 0.717) is 13.0 Å². The summed E-state index contributed by atoms with van der Waals surface area (Å²) in [6.07, 6.45) is 0.0364. The topological polar surface area (TPSA) is 56.0 Å². The Hall–Kier alpha value is -1.37. The van der Waals surface area contributed by atoms with Gasteiger partial charge in [-0.05, 0) is 11.5 Å². The monoisotopic (exact) mass is 232 g/mol. The fraction of sp³-hybridized carbons (Fsp3) is 0.500. The van der Waals surface area contributed by atoms with Crippen LogP contribution in [0.4, 0.5) is 0 Å². The van der Waals surface area contributed by atoms with E-state index in [2.05, 4.69) is 11.4 Å². The average molecular weight is 232 g/mol. The maximum absolute atomic E-state index is 9.75. The summed E-state index contributed by atoms with van der Waals surface area (Å²) in [5, 5.41) is 21.8. The maximum Gasteiger partial charge on any atom is 0.0687 e. The molecule has 0 bridgehead atoms. The Labute approximate surface area is 103 Å². The number of rotatable bonds is 6. The number of hydrogen-bond donors (Lipinski definition) is 2.